The Labute approximate surface area is 175 Å². The zero-order chi connectivity index (χ0) is 21.1. The Morgan fingerprint density at radius 2 is 1.87 bits per heavy atom. The molecule has 0 aliphatic carbocycles. The van der Waals surface area contributed by atoms with E-state index in [1.807, 2.05) is 30.3 Å². The molecule has 0 saturated heterocycles. The van der Waals surface area contributed by atoms with E-state index in [9.17, 15) is 9.59 Å². The van der Waals surface area contributed by atoms with Gasteiger partial charge in [-0.1, -0.05) is 18.2 Å². The zero-order valence-corrected chi connectivity index (χ0v) is 16.4. The molecular formula is C21H16N6O2S. The molecule has 0 atom stereocenters. The number of hydrogen-bond acceptors (Lipinski definition) is 7. The number of thiophene rings is 1. The molecule has 9 heteroatoms. The molecule has 0 fully saturated rings. The smallest absolute Gasteiger partial charge is 0.315 e. The molecule has 4 rings (SSSR count). The van der Waals surface area contributed by atoms with Gasteiger partial charge in [-0.05, 0) is 29.7 Å². The maximum Gasteiger partial charge on any atom is 0.315 e. The number of amides is 2. The number of hydrogen-bond donors (Lipinski definition) is 4. The average Bonchev–Trinajstić information content (AvgIpc) is 3.19. The van der Waals surface area contributed by atoms with Gasteiger partial charge >= 0.3 is 11.8 Å². The van der Waals surface area contributed by atoms with Crippen molar-refractivity contribution in [2.24, 2.45) is 0 Å². The van der Waals surface area contributed by atoms with Crippen molar-refractivity contribution in [3.05, 3.63) is 66.6 Å². The number of aromatic nitrogens is 2. The van der Waals surface area contributed by atoms with Crippen molar-refractivity contribution in [1.82, 2.24) is 9.97 Å². The van der Waals surface area contributed by atoms with Crippen LogP contribution in [0.3, 0.4) is 0 Å². The lowest BCUT2D eigenvalue weighted by Crippen LogP contribution is -2.29. The molecular weight excluding hydrogens is 400 g/mol. The minimum absolute atomic E-state index is 0.168. The third kappa shape index (κ3) is 3.87. The second-order valence-electron chi connectivity index (χ2n) is 6.32. The van der Waals surface area contributed by atoms with Gasteiger partial charge in [0.1, 0.15) is 0 Å². The number of nitrogens with one attached hydrogen (secondary N) is 3. The van der Waals surface area contributed by atoms with Crippen LogP contribution in [0.2, 0.25) is 0 Å². The third-order valence-electron chi connectivity index (χ3n) is 4.33. The fourth-order valence-corrected chi connectivity index (χ4v) is 4.00. The maximum atomic E-state index is 12.3. The predicted molar refractivity (Wildman–Crippen MR) is 119 cm³/mol. The van der Waals surface area contributed by atoms with Gasteiger partial charge in [-0.3, -0.25) is 14.6 Å². The van der Waals surface area contributed by atoms with Crippen LogP contribution in [-0.2, 0) is 9.59 Å². The number of nitrogens with two attached hydrogens (primary N) is 1. The van der Waals surface area contributed by atoms with Gasteiger partial charge in [-0.25, -0.2) is 4.98 Å². The van der Waals surface area contributed by atoms with Crippen molar-refractivity contribution < 1.29 is 9.59 Å². The molecule has 0 spiro atoms. The van der Waals surface area contributed by atoms with Gasteiger partial charge in [0.25, 0.3) is 0 Å². The molecule has 148 valence electrons. The van der Waals surface area contributed by atoms with Crippen LogP contribution in [0.4, 0.5) is 17.2 Å². The molecule has 0 aliphatic heterocycles. The Morgan fingerprint density at radius 1 is 1.07 bits per heavy atom. The fourth-order valence-electron chi connectivity index (χ4n) is 2.91. The van der Waals surface area contributed by atoms with Crippen LogP contribution in [-0.4, -0.2) is 28.0 Å². The molecule has 0 bridgehead atoms. The number of rotatable bonds is 4. The third-order valence-corrected chi connectivity index (χ3v) is 5.48. The average molecular weight is 416 g/mol. The normalized spacial score (nSPS) is 10.5. The summed E-state index contributed by atoms with van der Waals surface area (Å²) in [6, 6.07) is 13.2. The molecule has 5 N–H and O–H groups in total. The van der Waals surface area contributed by atoms with E-state index in [0.29, 0.717) is 22.5 Å². The van der Waals surface area contributed by atoms with Crippen LogP contribution in [0.15, 0.2) is 61.1 Å². The molecule has 0 aliphatic rings. The minimum atomic E-state index is -0.882. The van der Waals surface area contributed by atoms with Gasteiger partial charge in [-0.2, -0.15) is 0 Å². The number of carbonyl (C=O) groups is 2. The van der Waals surface area contributed by atoms with Crippen LogP contribution >= 0.6 is 11.3 Å². The molecule has 0 unspecified atom stereocenters. The molecule has 2 aromatic heterocycles. The van der Waals surface area contributed by atoms with E-state index in [4.69, 9.17) is 11.1 Å². The van der Waals surface area contributed by atoms with E-state index < -0.39 is 11.8 Å². The van der Waals surface area contributed by atoms with Crippen LogP contribution in [0.5, 0.6) is 0 Å². The van der Waals surface area contributed by atoms with Gasteiger partial charge in [0.15, 0.2) is 5.82 Å². The van der Waals surface area contributed by atoms with E-state index in [0.717, 1.165) is 21.2 Å². The second-order valence-corrected chi connectivity index (χ2v) is 7.40. The van der Waals surface area contributed by atoms with Crippen molar-refractivity contribution in [3.63, 3.8) is 0 Å². The van der Waals surface area contributed by atoms with Crippen molar-refractivity contribution >= 4 is 56.6 Å². The topological polar surface area (TPSA) is 134 Å². The number of nitrogens with zero attached hydrogens (tertiary/aromatic N) is 2. The molecule has 2 amide bonds. The molecule has 2 aromatic carbocycles. The van der Waals surface area contributed by atoms with E-state index in [1.165, 1.54) is 18.6 Å². The van der Waals surface area contributed by atoms with E-state index >= 15 is 0 Å². The van der Waals surface area contributed by atoms with Crippen LogP contribution in [0.25, 0.3) is 20.5 Å². The van der Waals surface area contributed by atoms with E-state index in [1.54, 1.807) is 23.5 Å². The number of nitrogen functional groups attached to an aromatic ring is 1. The number of anilines is 3. The number of benzene rings is 2. The summed E-state index contributed by atoms with van der Waals surface area (Å²) in [5.41, 5.74) is 8.16. The summed E-state index contributed by atoms with van der Waals surface area (Å²) >= 11 is 1.56. The number of carbonyl (C=O) groups excluding carboxylic acids is 2. The summed E-state index contributed by atoms with van der Waals surface area (Å²) in [6.07, 6.45) is 5.31. The highest BCUT2D eigenvalue weighted by Crippen LogP contribution is 2.38. The first-order valence-corrected chi connectivity index (χ1v) is 9.68. The summed E-state index contributed by atoms with van der Waals surface area (Å²) in [6.45, 7) is 0. The SMILES string of the molecule is N=Cc1cc(NC(=O)C(=O)Nc2cnccn2)cc(-c2cc3ccccc3s2)c1N. The summed E-state index contributed by atoms with van der Waals surface area (Å²) in [5.74, 6) is -1.59. The van der Waals surface area contributed by atoms with Crippen LogP contribution in [0.1, 0.15) is 5.56 Å². The first kappa shape index (κ1) is 19.2. The highest BCUT2D eigenvalue weighted by molar-refractivity contribution is 7.22. The minimum Gasteiger partial charge on any atom is -0.398 e. The molecule has 30 heavy (non-hydrogen) atoms. The van der Waals surface area contributed by atoms with Crippen LogP contribution in [0, 0.1) is 5.41 Å². The summed E-state index contributed by atoms with van der Waals surface area (Å²) < 4.78 is 1.10. The van der Waals surface area contributed by atoms with Crippen molar-refractivity contribution in [1.29, 1.82) is 5.41 Å². The van der Waals surface area contributed by atoms with Gasteiger partial charge < -0.3 is 21.8 Å². The summed E-state index contributed by atoms with van der Waals surface area (Å²) in [4.78, 5) is 33.1. The first-order valence-electron chi connectivity index (χ1n) is 8.86. The Morgan fingerprint density at radius 3 is 2.60 bits per heavy atom. The van der Waals surface area contributed by atoms with Gasteiger partial charge in [0, 0.05) is 50.7 Å². The van der Waals surface area contributed by atoms with Crippen molar-refractivity contribution in [3.8, 4) is 10.4 Å². The lowest BCUT2D eigenvalue weighted by Gasteiger charge is -2.12. The lowest BCUT2D eigenvalue weighted by molar-refractivity contribution is -0.133. The molecule has 0 saturated carbocycles. The molecule has 4 aromatic rings. The Balaban J connectivity index is 1.63. The van der Waals surface area contributed by atoms with Crippen LogP contribution < -0.4 is 16.4 Å². The molecule has 2 heterocycles. The van der Waals surface area contributed by atoms with Gasteiger partial charge in [-0.15, -0.1) is 11.3 Å². The maximum absolute atomic E-state index is 12.3. The van der Waals surface area contributed by atoms with Crippen molar-refractivity contribution in [2.45, 2.75) is 0 Å². The summed E-state index contributed by atoms with van der Waals surface area (Å²) in [7, 11) is 0. The Bertz CT molecular complexity index is 1240. The summed E-state index contributed by atoms with van der Waals surface area (Å²) in [5, 5.41) is 13.7. The Kier molecular flexibility index (Phi) is 5.19. The highest BCUT2D eigenvalue weighted by atomic mass is 32.1. The predicted octanol–water partition coefficient (Wildman–Crippen LogP) is 3.52. The van der Waals surface area contributed by atoms with E-state index in [-0.39, 0.29) is 5.82 Å². The Hall–Kier alpha value is -4.11. The van der Waals surface area contributed by atoms with Gasteiger partial charge in [0.2, 0.25) is 0 Å². The quantitative estimate of drug-likeness (QED) is 0.229. The van der Waals surface area contributed by atoms with Crippen molar-refractivity contribution in [2.75, 3.05) is 16.4 Å². The first-order chi connectivity index (χ1) is 14.5. The lowest BCUT2D eigenvalue weighted by atomic mass is 10.0. The highest BCUT2D eigenvalue weighted by Gasteiger charge is 2.17. The second kappa shape index (κ2) is 8.10. The molecule has 0 radical (unpaired) electrons. The fraction of sp³-hybridized carbons (Fsp3) is 0. The largest absolute Gasteiger partial charge is 0.398 e. The monoisotopic (exact) mass is 416 g/mol. The van der Waals surface area contributed by atoms with Gasteiger partial charge in [0.05, 0.1) is 6.20 Å². The standard InChI is InChI=1S/C21H16N6O2S/c22-10-13-7-14(26-20(28)21(29)27-18-11-24-5-6-25-18)9-15(19(13)23)17-8-12-3-1-2-4-16(12)30-17/h1-11,22H,23H2,(H,26,28)(H,25,27,29). The zero-order valence-electron chi connectivity index (χ0n) is 15.5. The number of fused-ring (bicyclic) bond motifs is 1. The van der Waals surface area contributed by atoms with E-state index in [2.05, 4.69) is 20.6 Å². The molecule has 8 nitrogen and oxygen atoms in total.